The maximum atomic E-state index is 14.1. The first-order valence-electron chi connectivity index (χ1n) is 12.5. The molecule has 3 N–H and O–H groups in total. The molecule has 0 atom stereocenters. The first-order chi connectivity index (χ1) is 17.7. The number of benzene rings is 3. The number of carbonyl (C=O) groups excluding carboxylic acids is 1. The number of carbonyl (C=O) groups is 2. The highest BCUT2D eigenvalue weighted by atomic mass is 19.1. The van der Waals surface area contributed by atoms with Gasteiger partial charge >= 0.3 is 12.0 Å². The predicted molar refractivity (Wildman–Crippen MR) is 142 cm³/mol. The Labute approximate surface area is 215 Å². The van der Waals surface area contributed by atoms with Crippen molar-refractivity contribution in [1.29, 1.82) is 0 Å². The van der Waals surface area contributed by atoms with Crippen LogP contribution in [0.1, 0.15) is 43.5 Å². The van der Waals surface area contributed by atoms with Crippen molar-refractivity contribution < 1.29 is 23.5 Å². The number of halogens is 2. The van der Waals surface area contributed by atoms with Crippen molar-refractivity contribution in [3.8, 4) is 11.1 Å². The van der Waals surface area contributed by atoms with E-state index in [0.29, 0.717) is 23.1 Å². The van der Waals surface area contributed by atoms with Crippen LogP contribution in [0.2, 0.25) is 0 Å². The number of anilines is 3. The second kappa shape index (κ2) is 11.4. The molecular weight excluding hydrogens is 476 g/mol. The molecule has 1 fully saturated rings. The van der Waals surface area contributed by atoms with E-state index >= 15 is 0 Å². The SMILES string of the molecule is CC(C)CN(CCC1CC1)c1ccc(-c2cc(F)ccc2C(=O)O)cc1NC(=O)Nc1ccccc1F. The molecule has 0 bridgehead atoms. The topological polar surface area (TPSA) is 81.7 Å². The minimum Gasteiger partial charge on any atom is -0.478 e. The Hall–Kier alpha value is -3.94. The number of hydrogen-bond acceptors (Lipinski definition) is 3. The number of urea groups is 1. The first-order valence-corrected chi connectivity index (χ1v) is 12.5. The van der Waals surface area contributed by atoms with E-state index in [-0.39, 0.29) is 16.8 Å². The van der Waals surface area contributed by atoms with Gasteiger partial charge in [-0.15, -0.1) is 0 Å². The summed E-state index contributed by atoms with van der Waals surface area (Å²) < 4.78 is 28.2. The number of nitrogens with one attached hydrogen (secondary N) is 2. The highest BCUT2D eigenvalue weighted by molar-refractivity contribution is 6.03. The summed E-state index contributed by atoms with van der Waals surface area (Å²) in [6, 6.07) is 13.9. The fourth-order valence-corrected chi connectivity index (χ4v) is 4.36. The van der Waals surface area contributed by atoms with Crippen molar-refractivity contribution >= 4 is 29.1 Å². The van der Waals surface area contributed by atoms with E-state index in [1.165, 1.54) is 43.2 Å². The molecule has 6 nitrogen and oxygen atoms in total. The lowest BCUT2D eigenvalue weighted by molar-refractivity contribution is 0.0697. The van der Waals surface area contributed by atoms with Gasteiger partial charge in [-0.25, -0.2) is 18.4 Å². The molecule has 8 heteroatoms. The van der Waals surface area contributed by atoms with Gasteiger partial charge in [0, 0.05) is 13.1 Å². The highest BCUT2D eigenvalue weighted by Crippen LogP contribution is 2.37. The number of aromatic carboxylic acids is 1. The summed E-state index contributed by atoms with van der Waals surface area (Å²) >= 11 is 0. The molecule has 3 aromatic carbocycles. The quantitative estimate of drug-likeness (QED) is 0.270. The summed E-state index contributed by atoms with van der Waals surface area (Å²) in [4.78, 5) is 26.9. The lowest BCUT2D eigenvalue weighted by atomic mass is 9.98. The molecule has 0 aromatic heterocycles. The van der Waals surface area contributed by atoms with Crippen LogP contribution in [0.3, 0.4) is 0 Å². The van der Waals surface area contributed by atoms with E-state index in [1.54, 1.807) is 18.2 Å². The maximum Gasteiger partial charge on any atom is 0.336 e. The smallest absolute Gasteiger partial charge is 0.336 e. The van der Waals surface area contributed by atoms with Crippen LogP contribution in [0.4, 0.5) is 30.6 Å². The number of rotatable bonds is 10. The van der Waals surface area contributed by atoms with Gasteiger partial charge in [0.05, 0.1) is 22.6 Å². The van der Waals surface area contributed by atoms with Gasteiger partial charge in [-0.1, -0.05) is 44.9 Å². The van der Waals surface area contributed by atoms with Crippen LogP contribution in [0.15, 0.2) is 60.7 Å². The minimum absolute atomic E-state index is 0.0313. The largest absolute Gasteiger partial charge is 0.478 e. The van der Waals surface area contributed by atoms with Gasteiger partial charge in [0.15, 0.2) is 0 Å². The Morgan fingerprint density at radius 1 is 1.00 bits per heavy atom. The standard InChI is InChI=1S/C29H31F2N3O3/c1-18(2)17-34(14-13-19-7-8-19)27-12-9-20(23-16-21(30)10-11-22(23)28(35)36)15-26(27)33-29(37)32-25-6-4-3-5-24(25)31/h3-6,9-12,15-16,18-19H,7-8,13-14,17H2,1-2H3,(H,35,36)(H2,32,33,37). The van der Waals surface area contributed by atoms with Crippen molar-refractivity contribution in [2.75, 3.05) is 28.6 Å². The normalized spacial score (nSPS) is 12.9. The summed E-state index contributed by atoms with van der Waals surface area (Å²) in [6.07, 6.45) is 3.48. The zero-order valence-corrected chi connectivity index (χ0v) is 20.9. The van der Waals surface area contributed by atoms with Crippen LogP contribution in [0.5, 0.6) is 0 Å². The molecule has 0 aliphatic heterocycles. The van der Waals surface area contributed by atoms with Gasteiger partial charge < -0.3 is 20.6 Å². The molecule has 0 radical (unpaired) electrons. The monoisotopic (exact) mass is 507 g/mol. The fraction of sp³-hybridized carbons (Fsp3) is 0.310. The highest BCUT2D eigenvalue weighted by Gasteiger charge is 2.24. The second-order valence-electron chi connectivity index (χ2n) is 9.86. The molecule has 194 valence electrons. The zero-order valence-electron chi connectivity index (χ0n) is 20.9. The minimum atomic E-state index is -1.18. The lowest BCUT2D eigenvalue weighted by Crippen LogP contribution is -2.30. The van der Waals surface area contributed by atoms with Crippen molar-refractivity contribution in [3.05, 3.63) is 77.9 Å². The molecule has 4 rings (SSSR count). The third kappa shape index (κ3) is 6.84. The molecule has 0 spiro atoms. The van der Waals surface area contributed by atoms with Crippen molar-refractivity contribution in [1.82, 2.24) is 0 Å². The van der Waals surface area contributed by atoms with E-state index < -0.39 is 23.6 Å². The third-order valence-electron chi connectivity index (χ3n) is 6.32. The number of carboxylic acids is 1. The average Bonchev–Trinajstić information content (AvgIpc) is 3.67. The fourth-order valence-electron chi connectivity index (χ4n) is 4.36. The van der Waals surface area contributed by atoms with Crippen LogP contribution in [0, 0.1) is 23.5 Å². The Morgan fingerprint density at radius 3 is 2.41 bits per heavy atom. The van der Waals surface area contributed by atoms with Crippen LogP contribution in [0.25, 0.3) is 11.1 Å². The van der Waals surface area contributed by atoms with Crippen LogP contribution in [-0.2, 0) is 0 Å². The van der Waals surface area contributed by atoms with Crippen molar-refractivity contribution in [2.45, 2.75) is 33.1 Å². The number of para-hydroxylation sites is 1. The van der Waals surface area contributed by atoms with Crippen LogP contribution < -0.4 is 15.5 Å². The number of hydrogen-bond donors (Lipinski definition) is 3. The Bertz CT molecular complexity index is 1290. The molecule has 1 aliphatic rings. The summed E-state index contributed by atoms with van der Waals surface area (Å²) in [5.41, 5.74) is 1.80. The van der Waals surface area contributed by atoms with E-state index in [1.807, 2.05) is 6.07 Å². The molecular formula is C29H31F2N3O3. The molecule has 0 saturated heterocycles. The number of nitrogens with zero attached hydrogens (tertiary/aromatic N) is 1. The van der Waals surface area contributed by atoms with Crippen LogP contribution >= 0.6 is 0 Å². The summed E-state index contributed by atoms with van der Waals surface area (Å²) in [6.45, 7) is 5.77. The van der Waals surface area contributed by atoms with Crippen molar-refractivity contribution in [2.24, 2.45) is 11.8 Å². The number of carboxylic acid groups (broad SMARTS) is 1. The van der Waals surface area contributed by atoms with Gasteiger partial charge in [-0.05, 0) is 71.8 Å². The maximum absolute atomic E-state index is 14.1. The molecule has 2 amide bonds. The van der Waals surface area contributed by atoms with E-state index in [9.17, 15) is 23.5 Å². The predicted octanol–water partition coefficient (Wildman–Crippen LogP) is 7.24. The Kier molecular flexibility index (Phi) is 8.06. The average molecular weight is 508 g/mol. The van der Waals surface area contributed by atoms with Crippen LogP contribution in [-0.4, -0.2) is 30.2 Å². The van der Waals surface area contributed by atoms with E-state index in [0.717, 1.165) is 31.3 Å². The molecule has 0 unspecified atom stereocenters. The number of amides is 2. The Morgan fingerprint density at radius 2 is 1.73 bits per heavy atom. The van der Waals surface area contributed by atoms with E-state index in [4.69, 9.17) is 0 Å². The Balaban J connectivity index is 1.73. The summed E-state index contributed by atoms with van der Waals surface area (Å²) in [7, 11) is 0. The lowest BCUT2D eigenvalue weighted by Gasteiger charge is -2.29. The van der Waals surface area contributed by atoms with Gasteiger partial charge in [0.2, 0.25) is 0 Å². The molecule has 1 saturated carbocycles. The zero-order chi connectivity index (χ0) is 26.5. The molecule has 3 aromatic rings. The molecule has 37 heavy (non-hydrogen) atoms. The van der Waals surface area contributed by atoms with Gasteiger partial charge in [-0.2, -0.15) is 0 Å². The summed E-state index contributed by atoms with van der Waals surface area (Å²) in [5, 5.41) is 15.0. The molecule has 1 aliphatic carbocycles. The van der Waals surface area contributed by atoms with E-state index in [2.05, 4.69) is 29.4 Å². The summed E-state index contributed by atoms with van der Waals surface area (Å²) in [5.74, 6) is -1.26. The van der Waals surface area contributed by atoms with Gasteiger partial charge in [0.1, 0.15) is 11.6 Å². The first kappa shape index (κ1) is 26.1. The molecule has 0 heterocycles. The third-order valence-corrected chi connectivity index (χ3v) is 6.32. The van der Waals surface area contributed by atoms with Gasteiger partial charge in [0.25, 0.3) is 0 Å². The second-order valence-corrected chi connectivity index (χ2v) is 9.86. The van der Waals surface area contributed by atoms with Crippen molar-refractivity contribution in [3.63, 3.8) is 0 Å². The van der Waals surface area contributed by atoms with Gasteiger partial charge in [-0.3, -0.25) is 0 Å².